The Balaban J connectivity index is 3.08. The molecule has 0 atom stereocenters. The van der Waals surface area contributed by atoms with E-state index >= 15 is 0 Å². The van der Waals surface area contributed by atoms with Crippen LogP contribution >= 0.6 is 0 Å². The van der Waals surface area contributed by atoms with Crippen LogP contribution in [-0.4, -0.2) is 26.1 Å². The van der Waals surface area contributed by atoms with Gasteiger partial charge in [0.1, 0.15) is 5.82 Å². The maximum Gasteiger partial charge on any atom is 0.126 e. The zero-order chi connectivity index (χ0) is 9.84. The van der Waals surface area contributed by atoms with Gasteiger partial charge in [-0.05, 0) is 18.6 Å². The third kappa shape index (κ3) is 2.11. The summed E-state index contributed by atoms with van der Waals surface area (Å²) in [6.45, 7) is 2.12. The Morgan fingerprint density at radius 3 is 2.54 bits per heavy atom. The van der Waals surface area contributed by atoms with Crippen LogP contribution in [0, 0.1) is 0 Å². The molecule has 0 saturated heterocycles. The Hall–Kier alpha value is -1.25. The van der Waals surface area contributed by atoms with Crippen molar-refractivity contribution in [2.75, 3.05) is 31.4 Å². The molecular formula is C10H17N3. The number of pyridine rings is 1. The lowest BCUT2D eigenvalue weighted by atomic mass is 10.2. The first-order valence-corrected chi connectivity index (χ1v) is 4.54. The number of nitrogens with one attached hydrogen (secondary N) is 1. The number of anilines is 2. The van der Waals surface area contributed by atoms with Gasteiger partial charge in [-0.1, -0.05) is 6.92 Å². The van der Waals surface area contributed by atoms with Gasteiger partial charge < -0.3 is 10.2 Å². The average molecular weight is 179 g/mol. The van der Waals surface area contributed by atoms with Crippen LogP contribution in [0.2, 0.25) is 0 Å². The van der Waals surface area contributed by atoms with E-state index in [1.54, 1.807) is 0 Å². The second kappa shape index (κ2) is 4.12. The monoisotopic (exact) mass is 179 g/mol. The van der Waals surface area contributed by atoms with Gasteiger partial charge in [0.25, 0.3) is 0 Å². The van der Waals surface area contributed by atoms with Gasteiger partial charge in [-0.2, -0.15) is 0 Å². The summed E-state index contributed by atoms with van der Waals surface area (Å²) >= 11 is 0. The minimum absolute atomic E-state index is 0.933. The summed E-state index contributed by atoms with van der Waals surface area (Å²) in [5.74, 6) is 0.933. The molecule has 3 nitrogen and oxygen atoms in total. The molecule has 0 saturated carbocycles. The Kier molecular flexibility index (Phi) is 3.12. The molecule has 0 aliphatic carbocycles. The fraction of sp³-hybridized carbons (Fsp3) is 0.500. The highest BCUT2D eigenvalue weighted by Gasteiger charge is 2.04. The van der Waals surface area contributed by atoms with Crippen molar-refractivity contribution in [3.63, 3.8) is 0 Å². The van der Waals surface area contributed by atoms with E-state index in [0.717, 1.165) is 17.9 Å². The molecule has 0 aliphatic rings. The van der Waals surface area contributed by atoms with Crippen molar-refractivity contribution in [3.05, 3.63) is 17.8 Å². The van der Waals surface area contributed by atoms with Gasteiger partial charge in [-0.25, -0.2) is 4.98 Å². The van der Waals surface area contributed by atoms with Crippen LogP contribution in [0.4, 0.5) is 11.5 Å². The predicted octanol–water partition coefficient (Wildman–Crippen LogP) is 1.75. The summed E-state index contributed by atoms with van der Waals surface area (Å²) in [5, 5.41) is 3.04. The molecule has 0 bridgehead atoms. The van der Waals surface area contributed by atoms with Crippen molar-refractivity contribution in [2.45, 2.75) is 13.3 Å². The number of aromatic nitrogens is 1. The normalized spacial score (nSPS) is 9.85. The van der Waals surface area contributed by atoms with Crippen LogP contribution < -0.4 is 10.2 Å². The lowest BCUT2D eigenvalue weighted by Crippen LogP contribution is -2.12. The Morgan fingerprint density at radius 1 is 1.38 bits per heavy atom. The van der Waals surface area contributed by atoms with Crippen LogP contribution in [0.15, 0.2) is 12.1 Å². The maximum absolute atomic E-state index is 4.48. The molecule has 0 fully saturated rings. The van der Waals surface area contributed by atoms with Crippen molar-refractivity contribution in [3.8, 4) is 0 Å². The van der Waals surface area contributed by atoms with Gasteiger partial charge in [0.2, 0.25) is 0 Å². The third-order valence-electron chi connectivity index (χ3n) is 2.02. The molecule has 72 valence electrons. The molecule has 0 spiro atoms. The highest BCUT2D eigenvalue weighted by Crippen LogP contribution is 2.19. The number of rotatable bonds is 3. The molecule has 13 heavy (non-hydrogen) atoms. The van der Waals surface area contributed by atoms with Crippen LogP contribution in [0.3, 0.4) is 0 Å². The van der Waals surface area contributed by atoms with Crippen molar-refractivity contribution in [1.82, 2.24) is 4.98 Å². The Bertz CT molecular complexity index is 281. The first-order valence-electron chi connectivity index (χ1n) is 4.54. The van der Waals surface area contributed by atoms with E-state index in [1.807, 2.05) is 27.2 Å². The minimum atomic E-state index is 0.933. The lowest BCUT2D eigenvalue weighted by Gasteiger charge is -2.16. The summed E-state index contributed by atoms with van der Waals surface area (Å²) in [7, 11) is 5.96. The molecule has 3 heteroatoms. The van der Waals surface area contributed by atoms with Crippen molar-refractivity contribution in [1.29, 1.82) is 0 Å². The van der Waals surface area contributed by atoms with E-state index in [-0.39, 0.29) is 0 Å². The summed E-state index contributed by atoms with van der Waals surface area (Å²) in [6, 6.07) is 4.09. The second-order valence-corrected chi connectivity index (χ2v) is 3.16. The Labute approximate surface area is 79.8 Å². The standard InChI is InChI=1S/C10H17N3/c1-5-8-9(13(3)4)6-7-10(11-2)12-8/h6-7H,5H2,1-4H3,(H,11,12). The first-order chi connectivity index (χ1) is 6.19. The van der Waals surface area contributed by atoms with Gasteiger partial charge in [0, 0.05) is 21.1 Å². The van der Waals surface area contributed by atoms with Gasteiger partial charge in [-0.15, -0.1) is 0 Å². The highest BCUT2D eigenvalue weighted by molar-refractivity contribution is 5.54. The molecule has 1 heterocycles. The topological polar surface area (TPSA) is 28.2 Å². The lowest BCUT2D eigenvalue weighted by molar-refractivity contribution is 0.993. The van der Waals surface area contributed by atoms with Crippen molar-refractivity contribution >= 4 is 11.5 Å². The number of nitrogens with zero attached hydrogens (tertiary/aromatic N) is 2. The van der Waals surface area contributed by atoms with Crippen LogP contribution in [0.25, 0.3) is 0 Å². The molecule has 1 aromatic rings. The van der Waals surface area contributed by atoms with Gasteiger partial charge in [0.15, 0.2) is 0 Å². The van der Waals surface area contributed by atoms with Crippen molar-refractivity contribution in [2.24, 2.45) is 0 Å². The van der Waals surface area contributed by atoms with Gasteiger partial charge in [-0.3, -0.25) is 0 Å². The smallest absolute Gasteiger partial charge is 0.126 e. The molecular weight excluding hydrogens is 162 g/mol. The largest absolute Gasteiger partial charge is 0.376 e. The molecule has 0 amide bonds. The third-order valence-corrected chi connectivity index (χ3v) is 2.02. The molecule has 1 aromatic heterocycles. The van der Waals surface area contributed by atoms with Crippen LogP contribution in [0.1, 0.15) is 12.6 Å². The average Bonchev–Trinajstić information content (AvgIpc) is 2.16. The van der Waals surface area contributed by atoms with Crippen LogP contribution in [0.5, 0.6) is 0 Å². The van der Waals surface area contributed by atoms with E-state index in [1.165, 1.54) is 5.69 Å². The van der Waals surface area contributed by atoms with Crippen LogP contribution in [-0.2, 0) is 6.42 Å². The van der Waals surface area contributed by atoms with Gasteiger partial charge >= 0.3 is 0 Å². The van der Waals surface area contributed by atoms with E-state index < -0.39 is 0 Å². The second-order valence-electron chi connectivity index (χ2n) is 3.16. The molecule has 0 unspecified atom stereocenters. The zero-order valence-corrected chi connectivity index (χ0v) is 8.76. The molecule has 0 radical (unpaired) electrons. The molecule has 0 aliphatic heterocycles. The number of aryl methyl sites for hydroxylation is 1. The Morgan fingerprint density at radius 2 is 2.08 bits per heavy atom. The quantitative estimate of drug-likeness (QED) is 0.766. The molecule has 0 aromatic carbocycles. The highest BCUT2D eigenvalue weighted by atomic mass is 15.1. The molecule has 1 rings (SSSR count). The SMILES string of the molecule is CCc1nc(NC)ccc1N(C)C. The molecule has 1 N–H and O–H groups in total. The van der Waals surface area contributed by atoms with Gasteiger partial charge in [0.05, 0.1) is 11.4 Å². The summed E-state index contributed by atoms with van der Waals surface area (Å²) in [5.41, 5.74) is 2.33. The van der Waals surface area contributed by atoms with Crippen molar-refractivity contribution < 1.29 is 0 Å². The number of hydrogen-bond acceptors (Lipinski definition) is 3. The summed E-state index contributed by atoms with van der Waals surface area (Å²) in [6.07, 6.45) is 0.961. The van der Waals surface area contributed by atoms with E-state index in [4.69, 9.17) is 0 Å². The fourth-order valence-corrected chi connectivity index (χ4v) is 1.30. The van der Waals surface area contributed by atoms with E-state index in [9.17, 15) is 0 Å². The zero-order valence-electron chi connectivity index (χ0n) is 8.76. The van der Waals surface area contributed by atoms with E-state index in [0.29, 0.717) is 0 Å². The fourth-order valence-electron chi connectivity index (χ4n) is 1.30. The first kappa shape index (κ1) is 9.84. The summed E-state index contributed by atoms with van der Waals surface area (Å²) < 4.78 is 0. The van der Waals surface area contributed by atoms with E-state index in [2.05, 4.69) is 28.2 Å². The predicted molar refractivity (Wildman–Crippen MR) is 57.5 cm³/mol. The summed E-state index contributed by atoms with van der Waals surface area (Å²) in [4.78, 5) is 6.57. The number of hydrogen-bond donors (Lipinski definition) is 1. The minimum Gasteiger partial charge on any atom is -0.376 e. The maximum atomic E-state index is 4.48.